The van der Waals surface area contributed by atoms with E-state index >= 15 is 0 Å². The van der Waals surface area contributed by atoms with Gasteiger partial charge in [0.05, 0.1) is 21.2 Å². The molecule has 0 aliphatic heterocycles. The molecule has 2 aromatic heterocycles. The van der Waals surface area contributed by atoms with E-state index in [4.69, 9.17) is 0 Å². The van der Waals surface area contributed by atoms with Crippen molar-refractivity contribution in [2.75, 3.05) is 12.5 Å². The van der Waals surface area contributed by atoms with Crippen LogP contribution in [0, 0.1) is 0 Å². The molecule has 0 aliphatic carbocycles. The van der Waals surface area contributed by atoms with Crippen molar-refractivity contribution >= 4 is 19.7 Å². The molecule has 0 radical (unpaired) electrons. The van der Waals surface area contributed by atoms with Gasteiger partial charge in [0.1, 0.15) is 11.6 Å². The standard InChI is InChI=1S/C26H22N4O4S2/c1-35(31,32)21-10-4-8-19(13-21)25-27-15-23(29-25)17-6-3-7-18(12-17)24-16-28-26(30-24)20-9-5-11-22(14-20)36(2,33)34/h3-16H,1-2H3,(H,27,29)(H,28,30). The highest BCUT2D eigenvalue weighted by Gasteiger charge is 2.14. The fourth-order valence-corrected chi connectivity index (χ4v) is 5.15. The van der Waals surface area contributed by atoms with Crippen molar-refractivity contribution < 1.29 is 16.8 Å². The molecular formula is C26H22N4O4S2. The van der Waals surface area contributed by atoms with Crippen molar-refractivity contribution in [2.45, 2.75) is 9.79 Å². The summed E-state index contributed by atoms with van der Waals surface area (Å²) in [5.41, 5.74) is 4.47. The fourth-order valence-electron chi connectivity index (χ4n) is 3.82. The molecule has 0 bridgehead atoms. The van der Waals surface area contributed by atoms with Crippen LogP contribution >= 0.6 is 0 Å². The zero-order valence-electron chi connectivity index (χ0n) is 19.4. The molecule has 0 saturated carbocycles. The third-order valence-corrected chi connectivity index (χ3v) is 7.90. The third kappa shape index (κ3) is 4.86. The molecule has 0 aliphatic rings. The van der Waals surface area contributed by atoms with Crippen LogP contribution in [0.3, 0.4) is 0 Å². The Balaban J connectivity index is 1.44. The lowest BCUT2D eigenvalue weighted by molar-refractivity contribution is 0.600. The maximum absolute atomic E-state index is 11.9. The molecule has 0 atom stereocenters. The summed E-state index contributed by atoms with van der Waals surface area (Å²) in [4.78, 5) is 16.0. The Hall–Kier alpha value is -4.02. The SMILES string of the molecule is CS(=O)(=O)c1cccc(-c2nc(-c3cccc(-c4c[nH]c(-c5cccc(S(C)(=O)=O)c5)n4)c3)c[nH]2)c1. The van der Waals surface area contributed by atoms with Gasteiger partial charge in [-0.1, -0.05) is 42.5 Å². The summed E-state index contributed by atoms with van der Waals surface area (Å²) < 4.78 is 47.6. The van der Waals surface area contributed by atoms with Gasteiger partial charge in [0, 0.05) is 47.2 Å². The monoisotopic (exact) mass is 518 g/mol. The molecule has 10 heteroatoms. The number of rotatable bonds is 6. The first-order valence-electron chi connectivity index (χ1n) is 10.9. The number of hydrogen-bond donors (Lipinski definition) is 2. The summed E-state index contributed by atoms with van der Waals surface area (Å²) in [5, 5.41) is 0. The zero-order valence-corrected chi connectivity index (χ0v) is 21.1. The van der Waals surface area contributed by atoms with Gasteiger partial charge in [-0.2, -0.15) is 0 Å². The van der Waals surface area contributed by atoms with Crippen molar-refractivity contribution in [1.29, 1.82) is 0 Å². The van der Waals surface area contributed by atoms with Crippen LogP contribution in [-0.2, 0) is 19.7 Å². The number of imidazole rings is 2. The minimum absolute atomic E-state index is 0.233. The topological polar surface area (TPSA) is 126 Å². The normalized spacial score (nSPS) is 12.1. The summed E-state index contributed by atoms with van der Waals surface area (Å²) in [6, 6.07) is 21.0. The predicted octanol–water partition coefficient (Wildman–Crippen LogP) is 4.61. The lowest BCUT2D eigenvalue weighted by Gasteiger charge is -2.02. The molecule has 3 aromatic carbocycles. The minimum Gasteiger partial charge on any atom is -0.344 e. The van der Waals surface area contributed by atoms with Gasteiger partial charge in [-0.05, 0) is 30.3 Å². The smallest absolute Gasteiger partial charge is 0.175 e. The molecule has 36 heavy (non-hydrogen) atoms. The number of hydrogen-bond acceptors (Lipinski definition) is 6. The molecular weight excluding hydrogens is 496 g/mol. The van der Waals surface area contributed by atoms with E-state index in [0.29, 0.717) is 34.2 Å². The van der Waals surface area contributed by atoms with Crippen molar-refractivity contribution in [3.8, 4) is 45.3 Å². The summed E-state index contributed by atoms with van der Waals surface area (Å²) in [6.45, 7) is 0. The lowest BCUT2D eigenvalue weighted by Crippen LogP contribution is -1.97. The highest BCUT2D eigenvalue weighted by atomic mass is 32.2. The zero-order chi connectivity index (χ0) is 25.5. The van der Waals surface area contributed by atoms with Crippen LogP contribution in [0.1, 0.15) is 0 Å². The molecule has 0 fully saturated rings. The number of aromatic amines is 2. The summed E-state index contributed by atoms with van der Waals surface area (Å²) in [7, 11) is -6.65. The first-order valence-corrected chi connectivity index (χ1v) is 14.7. The first-order chi connectivity index (χ1) is 17.1. The van der Waals surface area contributed by atoms with E-state index in [1.165, 1.54) is 12.5 Å². The molecule has 5 aromatic rings. The molecule has 5 rings (SSSR count). The van der Waals surface area contributed by atoms with Crippen LogP contribution in [0.4, 0.5) is 0 Å². The Kier molecular flexibility index (Phi) is 5.85. The molecule has 8 nitrogen and oxygen atoms in total. The van der Waals surface area contributed by atoms with E-state index in [1.54, 1.807) is 60.9 Å². The minimum atomic E-state index is -3.32. The number of benzene rings is 3. The number of sulfone groups is 2. The predicted molar refractivity (Wildman–Crippen MR) is 139 cm³/mol. The lowest BCUT2D eigenvalue weighted by atomic mass is 10.1. The number of nitrogens with zero attached hydrogens (tertiary/aromatic N) is 2. The average Bonchev–Trinajstić information content (AvgIpc) is 3.54. The summed E-state index contributed by atoms with van der Waals surface area (Å²) in [6.07, 6.45) is 5.89. The van der Waals surface area contributed by atoms with Gasteiger partial charge in [-0.3, -0.25) is 0 Å². The second kappa shape index (κ2) is 8.89. The largest absolute Gasteiger partial charge is 0.344 e. The first kappa shape index (κ1) is 23.7. The molecule has 0 saturated heterocycles. The van der Waals surface area contributed by atoms with Crippen LogP contribution in [-0.4, -0.2) is 49.3 Å². The third-order valence-electron chi connectivity index (χ3n) is 5.68. The van der Waals surface area contributed by atoms with Crippen LogP contribution < -0.4 is 0 Å². The van der Waals surface area contributed by atoms with E-state index in [0.717, 1.165) is 11.1 Å². The van der Waals surface area contributed by atoms with E-state index in [1.807, 2.05) is 24.3 Å². The molecule has 0 amide bonds. The molecule has 2 heterocycles. The van der Waals surface area contributed by atoms with Crippen LogP contribution in [0.5, 0.6) is 0 Å². The van der Waals surface area contributed by atoms with Crippen molar-refractivity contribution in [1.82, 2.24) is 19.9 Å². The average molecular weight is 519 g/mol. The Morgan fingerprint density at radius 2 is 0.944 bits per heavy atom. The van der Waals surface area contributed by atoms with Gasteiger partial charge < -0.3 is 9.97 Å². The molecule has 182 valence electrons. The highest BCUT2D eigenvalue weighted by Crippen LogP contribution is 2.29. The second-order valence-electron chi connectivity index (χ2n) is 8.45. The van der Waals surface area contributed by atoms with Gasteiger partial charge in [-0.25, -0.2) is 26.8 Å². The van der Waals surface area contributed by atoms with Crippen molar-refractivity contribution in [2.24, 2.45) is 0 Å². The van der Waals surface area contributed by atoms with Gasteiger partial charge >= 0.3 is 0 Å². The molecule has 0 unspecified atom stereocenters. The van der Waals surface area contributed by atoms with E-state index in [2.05, 4.69) is 19.9 Å². The second-order valence-corrected chi connectivity index (χ2v) is 12.5. The Labute approximate surface area is 208 Å². The van der Waals surface area contributed by atoms with Gasteiger partial charge in [-0.15, -0.1) is 0 Å². The van der Waals surface area contributed by atoms with Crippen LogP contribution in [0.25, 0.3) is 45.3 Å². The maximum Gasteiger partial charge on any atom is 0.175 e. The van der Waals surface area contributed by atoms with Gasteiger partial charge in [0.2, 0.25) is 0 Å². The van der Waals surface area contributed by atoms with Crippen LogP contribution in [0.2, 0.25) is 0 Å². The number of aromatic nitrogens is 4. The quantitative estimate of drug-likeness (QED) is 0.338. The van der Waals surface area contributed by atoms with Gasteiger partial charge in [0.15, 0.2) is 19.7 Å². The van der Waals surface area contributed by atoms with Crippen molar-refractivity contribution in [3.63, 3.8) is 0 Å². The van der Waals surface area contributed by atoms with Gasteiger partial charge in [0.25, 0.3) is 0 Å². The highest BCUT2D eigenvalue weighted by molar-refractivity contribution is 7.91. The molecule has 2 N–H and O–H groups in total. The van der Waals surface area contributed by atoms with E-state index in [-0.39, 0.29) is 9.79 Å². The Bertz CT molecular complexity index is 1670. The summed E-state index contributed by atoms with van der Waals surface area (Å²) in [5.74, 6) is 1.13. The van der Waals surface area contributed by atoms with Crippen LogP contribution in [0.15, 0.2) is 95.0 Å². The Morgan fingerprint density at radius 1 is 0.556 bits per heavy atom. The number of H-pyrrole nitrogens is 2. The maximum atomic E-state index is 11.9. The van der Waals surface area contributed by atoms with E-state index < -0.39 is 19.7 Å². The van der Waals surface area contributed by atoms with Crippen molar-refractivity contribution in [3.05, 3.63) is 85.2 Å². The molecule has 0 spiro atoms. The Morgan fingerprint density at radius 3 is 1.36 bits per heavy atom. The van der Waals surface area contributed by atoms with E-state index in [9.17, 15) is 16.8 Å². The summed E-state index contributed by atoms with van der Waals surface area (Å²) >= 11 is 0. The fraction of sp³-hybridized carbons (Fsp3) is 0.0769. The number of nitrogens with one attached hydrogen (secondary N) is 2.